The van der Waals surface area contributed by atoms with Crippen LogP contribution in [0.5, 0.6) is 0 Å². The second-order valence-corrected chi connectivity index (χ2v) is 8.68. The topological polar surface area (TPSA) is 156 Å². The van der Waals surface area contributed by atoms with Crippen molar-refractivity contribution < 1.29 is 39.6 Å². The summed E-state index contributed by atoms with van der Waals surface area (Å²) in [6.45, 7) is 4.20. The SMILES string of the molecule is CN1CCN(C(c2cccc(Cl)c2)c2ccccc2Cl)CC1.O=C(O)/C=C\C(=O)O.O=C(O)/C=C\C(=O)O. The number of carboxylic acid groups (broad SMARTS) is 4. The molecule has 0 bridgehead atoms. The molecular weight excluding hydrogens is 539 g/mol. The third-order valence-corrected chi connectivity index (χ3v) is 5.58. The smallest absolute Gasteiger partial charge is 0.328 e. The minimum Gasteiger partial charge on any atom is -0.478 e. The number of rotatable bonds is 7. The molecule has 1 saturated heterocycles. The van der Waals surface area contributed by atoms with E-state index in [1.807, 2.05) is 30.3 Å². The van der Waals surface area contributed by atoms with Crippen molar-refractivity contribution in [2.45, 2.75) is 6.04 Å². The fourth-order valence-electron chi connectivity index (χ4n) is 3.33. The number of aliphatic carboxylic acids is 4. The molecular formula is C26H28Cl2N2O8. The number of piperazine rings is 1. The van der Waals surface area contributed by atoms with Crippen molar-refractivity contribution in [3.8, 4) is 0 Å². The van der Waals surface area contributed by atoms with Crippen LogP contribution in [0.1, 0.15) is 17.2 Å². The van der Waals surface area contributed by atoms with Gasteiger partial charge in [-0.2, -0.15) is 0 Å². The van der Waals surface area contributed by atoms with E-state index < -0.39 is 23.9 Å². The first-order valence-corrected chi connectivity index (χ1v) is 11.9. The highest BCUT2D eigenvalue weighted by molar-refractivity contribution is 6.31. The van der Waals surface area contributed by atoms with Crippen LogP contribution in [0.3, 0.4) is 0 Å². The van der Waals surface area contributed by atoms with Gasteiger partial charge >= 0.3 is 23.9 Å². The summed E-state index contributed by atoms with van der Waals surface area (Å²) in [6.07, 6.45) is 2.23. The van der Waals surface area contributed by atoms with E-state index in [4.69, 9.17) is 43.6 Å². The van der Waals surface area contributed by atoms with Crippen molar-refractivity contribution in [3.63, 3.8) is 0 Å². The van der Waals surface area contributed by atoms with E-state index in [-0.39, 0.29) is 6.04 Å². The van der Waals surface area contributed by atoms with Crippen LogP contribution in [0.2, 0.25) is 10.0 Å². The highest BCUT2D eigenvalue weighted by Crippen LogP contribution is 2.34. The van der Waals surface area contributed by atoms with E-state index in [2.05, 4.69) is 35.0 Å². The maximum Gasteiger partial charge on any atom is 0.328 e. The first kappa shape index (κ1) is 32.3. The summed E-state index contributed by atoms with van der Waals surface area (Å²) in [6, 6.07) is 16.4. The van der Waals surface area contributed by atoms with E-state index in [9.17, 15) is 19.2 Å². The summed E-state index contributed by atoms with van der Waals surface area (Å²) in [5.41, 5.74) is 2.35. The van der Waals surface area contributed by atoms with Crippen LogP contribution in [0.25, 0.3) is 0 Å². The fraction of sp³-hybridized carbons (Fsp3) is 0.231. The molecule has 2 aromatic rings. The van der Waals surface area contributed by atoms with Gasteiger partial charge in [-0.05, 0) is 36.4 Å². The number of benzene rings is 2. The highest BCUT2D eigenvalue weighted by Gasteiger charge is 2.26. The fourth-order valence-corrected chi connectivity index (χ4v) is 3.76. The minimum absolute atomic E-state index is 0.154. The number of carbonyl (C=O) groups is 4. The van der Waals surface area contributed by atoms with Crippen molar-refractivity contribution in [3.05, 3.63) is 94.0 Å². The Balaban J connectivity index is 0.000000374. The zero-order valence-corrected chi connectivity index (χ0v) is 21.9. The molecule has 204 valence electrons. The predicted octanol–water partition coefficient (Wildman–Crippen LogP) is 3.75. The molecule has 12 heteroatoms. The molecule has 1 aliphatic heterocycles. The maximum atomic E-state index is 9.55. The molecule has 0 amide bonds. The Labute approximate surface area is 229 Å². The van der Waals surface area contributed by atoms with Gasteiger partial charge < -0.3 is 25.3 Å². The van der Waals surface area contributed by atoms with Gasteiger partial charge in [-0.3, -0.25) is 4.90 Å². The Bertz CT molecular complexity index is 1100. The van der Waals surface area contributed by atoms with Crippen LogP contribution in [0, 0.1) is 0 Å². The summed E-state index contributed by atoms with van der Waals surface area (Å²) in [7, 11) is 2.17. The molecule has 1 unspecified atom stereocenters. The molecule has 38 heavy (non-hydrogen) atoms. The summed E-state index contributed by atoms with van der Waals surface area (Å²) < 4.78 is 0. The summed E-state index contributed by atoms with van der Waals surface area (Å²) in [5, 5.41) is 32.8. The van der Waals surface area contributed by atoms with Crippen LogP contribution in [0.15, 0.2) is 72.8 Å². The molecule has 10 nitrogen and oxygen atoms in total. The third kappa shape index (κ3) is 13.0. The van der Waals surface area contributed by atoms with Crippen molar-refractivity contribution in [2.24, 2.45) is 0 Å². The minimum atomic E-state index is -1.26. The van der Waals surface area contributed by atoms with Crippen LogP contribution >= 0.6 is 23.2 Å². The molecule has 0 aromatic heterocycles. The Hall–Kier alpha value is -3.70. The average Bonchev–Trinajstić information content (AvgIpc) is 2.85. The van der Waals surface area contributed by atoms with Crippen molar-refractivity contribution in [1.29, 1.82) is 0 Å². The van der Waals surface area contributed by atoms with Gasteiger partial charge in [-0.25, -0.2) is 19.2 Å². The van der Waals surface area contributed by atoms with Gasteiger partial charge in [0, 0.05) is 60.5 Å². The Morgan fingerprint density at radius 2 is 1.21 bits per heavy atom. The number of likely N-dealkylation sites (N-methyl/N-ethyl adjacent to an activating group) is 1. The summed E-state index contributed by atoms with van der Waals surface area (Å²) >= 11 is 12.7. The second-order valence-electron chi connectivity index (χ2n) is 7.84. The van der Waals surface area contributed by atoms with Crippen LogP contribution in [-0.4, -0.2) is 87.3 Å². The monoisotopic (exact) mass is 566 g/mol. The zero-order chi connectivity index (χ0) is 28.7. The van der Waals surface area contributed by atoms with E-state index in [1.54, 1.807) is 0 Å². The first-order valence-electron chi connectivity index (χ1n) is 11.1. The van der Waals surface area contributed by atoms with Crippen molar-refractivity contribution in [2.75, 3.05) is 33.2 Å². The second kappa shape index (κ2) is 16.9. The largest absolute Gasteiger partial charge is 0.478 e. The van der Waals surface area contributed by atoms with Crippen LogP contribution in [0.4, 0.5) is 0 Å². The van der Waals surface area contributed by atoms with Gasteiger partial charge in [-0.15, -0.1) is 0 Å². The lowest BCUT2D eigenvalue weighted by molar-refractivity contribution is -0.134. The molecule has 0 saturated carbocycles. The molecule has 3 rings (SSSR count). The van der Waals surface area contributed by atoms with Crippen LogP contribution in [-0.2, 0) is 19.2 Å². The standard InChI is InChI=1S/C18H20Cl2N2.2C4H4O4/c1-21-9-11-22(12-10-21)18(14-5-4-6-15(19)13-14)16-7-2-3-8-17(16)20;2*5-3(6)1-2-4(7)8/h2-8,13,18H,9-12H2,1H3;2*1-2H,(H,5,6)(H,7,8)/b;2*2-1-. The van der Waals surface area contributed by atoms with Gasteiger partial charge in [-0.1, -0.05) is 53.5 Å². The quantitative estimate of drug-likeness (QED) is 0.364. The number of nitrogens with zero attached hydrogens (tertiary/aromatic N) is 2. The van der Waals surface area contributed by atoms with Gasteiger partial charge in [0.15, 0.2) is 0 Å². The Morgan fingerprint density at radius 3 is 1.63 bits per heavy atom. The van der Waals surface area contributed by atoms with E-state index in [1.165, 1.54) is 5.56 Å². The van der Waals surface area contributed by atoms with Gasteiger partial charge in [0.1, 0.15) is 0 Å². The van der Waals surface area contributed by atoms with E-state index in [0.717, 1.165) is 41.8 Å². The average molecular weight is 567 g/mol. The first-order chi connectivity index (χ1) is 17.9. The lowest BCUT2D eigenvalue weighted by Gasteiger charge is -2.38. The molecule has 0 aliphatic carbocycles. The van der Waals surface area contributed by atoms with E-state index >= 15 is 0 Å². The van der Waals surface area contributed by atoms with E-state index in [0.29, 0.717) is 24.3 Å². The molecule has 1 atom stereocenters. The molecule has 1 heterocycles. The Morgan fingerprint density at radius 1 is 0.737 bits per heavy atom. The normalized spacial score (nSPS) is 14.6. The zero-order valence-electron chi connectivity index (χ0n) is 20.4. The number of hydrogen-bond acceptors (Lipinski definition) is 6. The van der Waals surface area contributed by atoms with Gasteiger partial charge in [0.2, 0.25) is 0 Å². The van der Waals surface area contributed by atoms with Crippen molar-refractivity contribution in [1.82, 2.24) is 9.80 Å². The summed E-state index contributed by atoms with van der Waals surface area (Å²) in [4.78, 5) is 43.1. The van der Waals surface area contributed by atoms with Gasteiger partial charge in [0.25, 0.3) is 0 Å². The maximum absolute atomic E-state index is 9.55. The molecule has 1 fully saturated rings. The number of carboxylic acids is 4. The summed E-state index contributed by atoms with van der Waals surface area (Å²) in [5.74, 6) is -5.03. The molecule has 2 aromatic carbocycles. The van der Waals surface area contributed by atoms with Crippen molar-refractivity contribution >= 4 is 47.1 Å². The van der Waals surface area contributed by atoms with Gasteiger partial charge in [0.05, 0.1) is 6.04 Å². The third-order valence-electron chi connectivity index (χ3n) is 5.00. The Kier molecular flexibility index (Phi) is 14.4. The molecule has 0 spiro atoms. The van der Waals surface area contributed by atoms with Crippen LogP contribution < -0.4 is 0 Å². The molecule has 4 N–H and O–H groups in total. The lowest BCUT2D eigenvalue weighted by atomic mass is 9.96. The molecule has 1 aliphatic rings. The predicted molar refractivity (Wildman–Crippen MR) is 143 cm³/mol. The lowest BCUT2D eigenvalue weighted by Crippen LogP contribution is -2.46. The number of halogens is 2. The molecule has 0 radical (unpaired) electrons. The highest BCUT2D eigenvalue weighted by atomic mass is 35.5. The number of hydrogen-bond donors (Lipinski definition) is 4.